The quantitative estimate of drug-likeness (QED) is 0.290. The largest absolute Gasteiger partial charge is 0.478 e. The lowest BCUT2D eigenvalue weighted by molar-refractivity contribution is 0.0696. The number of benzene rings is 1. The van der Waals surface area contributed by atoms with E-state index in [-0.39, 0.29) is 21.4 Å². The van der Waals surface area contributed by atoms with Gasteiger partial charge >= 0.3 is 5.97 Å². The van der Waals surface area contributed by atoms with E-state index in [1.807, 2.05) is 0 Å². The molecule has 0 radical (unpaired) electrons. The van der Waals surface area contributed by atoms with Crippen LogP contribution in [0.3, 0.4) is 0 Å². The lowest BCUT2D eigenvalue weighted by Gasteiger charge is -2.07. The van der Waals surface area contributed by atoms with Gasteiger partial charge in [0.2, 0.25) is 20.1 Å². The van der Waals surface area contributed by atoms with Crippen molar-refractivity contribution in [2.24, 2.45) is 0 Å². The summed E-state index contributed by atoms with van der Waals surface area (Å²) < 4.78 is 26.0. The Labute approximate surface area is 183 Å². The van der Waals surface area contributed by atoms with Gasteiger partial charge in [0.25, 0.3) is 5.91 Å². The fourth-order valence-corrected chi connectivity index (χ4v) is 4.73. The minimum absolute atomic E-state index is 0.0270. The molecule has 1 aromatic carbocycles. The van der Waals surface area contributed by atoms with Gasteiger partial charge in [0, 0.05) is 0 Å². The molecule has 2 aromatic heterocycles. The molecule has 156 valence electrons. The second-order valence-corrected chi connectivity index (χ2v) is 9.96. The van der Waals surface area contributed by atoms with E-state index in [9.17, 15) is 18.0 Å². The Balaban J connectivity index is 1.83. The van der Waals surface area contributed by atoms with Crippen LogP contribution >= 0.6 is 34.7 Å². The fourth-order valence-electron chi connectivity index (χ4n) is 2.19. The third-order valence-corrected chi connectivity index (χ3v) is 7.13. The number of anilines is 1. The number of carboxylic acids is 1. The van der Waals surface area contributed by atoms with Crippen molar-refractivity contribution < 1.29 is 23.1 Å². The SMILES string of the molecule is CSc1nnc(NC(=O)c2nc(S(=O)(=O)Cc3ccc(C(=O)O)cc3)ncc2Cl)s1. The Kier molecular flexibility index (Phi) is 6.65. The van der Waals surface area contributed by atoms with E-state index >= 15 is 0 Å². The smallest absolute Gasteiger partial charge is 0.335 e. The molecule has 0 fully saturated rings. The number of nitrogens with one attached hydrogen (secondary N) is 1. The number of carbonyl (C=O) groups excluding carboxylic acids is 1. The average molecular weight is 486 g/mol. The first-order chi connectivity index (χ1) is 14.2. The Hall–Kier alpha value is -2.61. The highest BCUT2D eigenvalue weighted by Crippen LogP contribution is 2.24. The van der Waals surface area contributed by atoms with Crippen LogP contribution < -0.4 is 5.32 Å². The van der Waals surface area contributed by atoms with E-state index in [0.717, 1.165) is 17.5 Å². The average Bonchev–Trinajstić information content (AvgIpc) is 3.15. The van der Waals surface area contributed by atoms with Crippen molar-refractivity contribution >= 4 is 61.5 Å². The maximum Gasteiger partial charge on any atom is 0.335 e. The molecule has 30 heavy (non-hydrogen) atoms. The van der Waals surface area contributed by atoms with Crippen molar-refractivity contribution in [2.75, 3.05) is 11.6 Å². The summed E-state index contributed by atoms with van der Waals surface area (Å²) in [6, 6.07) is 5.34. The van der Waals surface area contributed by atoms with Crippen molar-refractivity contribution in [3.8, 4) is 0 Å². The van der Waals surface area contributed by atoms with Crippen LogP contribution in [0.2, 0.25) is 5.02 Å². The summed E-state index contributed by atoms with van der Waals surface area (Å²) >= 11 is 8.47. The van der Waals surface area contributed by atoms with Crippen molar-refractivity contribution in [3.63, 3.8) is 0 Å². The molecule has 0 aliphatic carbocycles. The molecule has 0 bridgehead atoms. The molecule has 10 nitrogen and oxygen atoms in total. The zero-order valence-electron chi connectivity index (χ0n) is 15.1. The van der Waals surface area contributed by atoms with Crippen molar-refractivity contribution in [2.45, 2.75) is 15.2 Å². The van der Waals surface area contributed by atoms with Crippen LogP contribution in [0.15, 0.2) is 40.0 Å². The lowest BCUT2D eigenvalue weighted by Crippen LogP contribution is -2.18. The molecule has 0 unspecified atom stereocenters. The second-order valence-electron chi connectivity index (χ2n) is 5.64. The Morgan fingerprint density at radius 3 is 2.53 bits per heavy atom. The molecule has 1 amide bonds. The Morgan fingerprint density at radius 1 is 1.23 bits per heavy atom. The Morgan fingerprint density at radius 2 is 1.93 bits per heavy atom. The topological polar surface area (TPSA) is 152 Å². The van der Waals surface area contributed by atoms with Gasteiger partial charge in [-0.25, -0.2) is 23.2 Å². The van der Waals surface area contributed by atoms with Crippen LogP contribution in [-0.2, 0) is 15.6 Å². The number of aromatic nitrogens is 4. The summed E-state index contributed by atoms with van der Waals surface area (Å²) in [6.45, 7) is 0. The third kappa shape index (κ3) is 5.11. The molecule has 0 aliphatic heterocycles. The zero-order valence-corrected chi connectivity index (χ0v) is 18.3. The number of hydrogen-bond donors (Lipinski definition) is 2. The summed E-state index contributed by atoms with van der Waals surface area (Å²) in [7, 11) is -4.03. The lowest BCUT2D eigenvalue weighted by atomic mass is 10.1. The fraction of sp³-hybridized carbons (Fsp3) is 0.125. The number of halogens is 1. The van der Waals surface area contributed by atoms with Gasteiger partial charge in [-0.05, 0) is 24.0 Å². The summed E-state index contributed by atoms with van der Waals surface area (Å²) in [5.41, 5.74) is 0.0366. The highest BCUT2D eigenvalue weighted by atomic mass is 35.5. The number of sulfone groups is 1. The predicted octanol–water partition coefficient (Wildman–Crippen LogP) is 2.63. The van der Waals surface area contributed by atoms with E-state index in [4.69, 9.17) is 16.7 Å². The van der Waals surface area contributed by atoms with Crippen LogP contribution in [0.4, 0.5) is 5.13 Å². The monoisotopic (exact) mass is 485 g/mol. The maximum absolute atomic E-state index is 12.7. The minimum atomic E-state index is -4.03. The molecule has 3 aromatic rings. The number of carbonyl (C=O) groups is 2. The van der Waals surface area contributed by atoms with E-state index < -0.39 is 32.6 Å². The molecule has 0 saturated heterocycles. The first-order valence-electron chi connectivity index (χ1n) is 7.96. The van der Waals surface area contributed by atoms with Gasteiger partial charge in [-0.15, -0.1) is 10.2 Å². The van der Waals surface area contributed by atoms with E-state index in [0.29, 0.717) is 9.90 Å². The highest BCUT2D eigenvalue weighted by Gasteiger charge is 2.24. The number of nitrogens with zero attached hydrogens (tertiary/aromatic N) is 4. The number of hydrogen-bond acceptors (Lipinski definition) is 10. The number of rotatable bonds is 7. The van der Waals surface area contributed by atoms with Crippen LogP contribution in [-0.4, -0.2) is 51.8 Å². The van der Waals surface area contributed by atoms with Gasteiger partial charge in [-0.2, -0.15) is 0 Å². The molecule has 2 N–H and O–H groups in total. The van der Waals surface area contributed by atoms with Crippen LogP contribution in [0.5, 0.6) is 0 Å². The van der Waals surface area contributed by atoms with E-state index in [1.165, 1.54) is 36.0 Å². The molecule has 0 atom stereocenters. The normalized spacial score (nSPS) is 11.3. The standard InChI is InChI=1S/C16H12ClN5O5S3/c1-28-16-22-21-14(29-16)20-12(23)11-10(17)6-18-15(19-11)30(26,27)7-8-2-4-9(5-3-8)13(24)25/h2-6H,7H2,1H3,(H,24,25)(H,20,21,23). The van der Waals surface area contributed by atoms with Crippen molar-refractivity contribution in [1.29, 1.82) is 0 Å². The molecule has 3 rings (SSSR count). The molecule has 0 saturated carbocycles. The maximum atomic E-state index is 12.7. The van der Waals surface area contributed by atoms with Gasteiger partial charge in [0.1, 0.15) is 0 Å². The van der Waals surface area contributed by atoms with E-state index in [2.05, 4.69) is 25.5 Å². The first kappa shape index (κ1) is 22.1. The summed E-state index contributed by atoms with van der Waals surface area (Å²) in [5, 5.41) is 18.5. The highest BCUT2D eigenvalue weighted by molar-refractivity contribution is 8.00. The first-order valence-corrected chi connectivity index (χ1v) is 12.0. The molecule has 0 aliphatic rings. The zero-order chi connectivity index (χ0) is 21.9. The molecular formula is C16H12ClN5O5S3. The van der Waals surface area contributed by atoms with Gasteiger partial charge in [0.15, 0.2) is 10.0 Å². The second kappa shape index (κ2) is 9.04. The molecule has 14 heteroatoms. The predicted molar refractivity (Wildman–Crippen MR) is 111 cm³/mol. The van der Waals surface area contributed by atoms with Crippen LogP contribution in [0.1, 0.15) is 26.4 Å². The number of amides is 1. The summed E-state index contributed by atoms with van der Waals surface area (Å²) in [6.07, 6.45) is 2.83. The Bertz CT molecular complexity index is 1210. The minimum Gasteiger partial charge on any atom is -0.478 e. The third-order valence-electron chi connectivity index (χ3n) is 3.57. The van der Waals surface area contributed by atoms with Crippen molar-refractivity contribution in [1.82, 2.24) is 20.2 Å². The summed E-state index contributed by atoms with van der Waals surface area (Å²) in [4.78, 5) is 30.9. The number of aromatic carboxylic acids is 1. The van der Waals surface area contributed by atoms with Gasteiger partial charge in [-0.3, -0.25) is 10.1 Å². The van der Waals surface area contributed by atoms with Gasteiger partial charge in [0.05, 0.1) is 22.5 Å². The molecule has 2 heterocycles. The molecular weight excluding hydrogens is 474 g/mol. The van der Waals surface area contributed by atoms with Gasteiger partial charge < -0.3 is 5.11 Å². The number of thioether (sulfide) groups is 1. The molecule has 0 spiro atoms. The van der Waals surface area contributed by atoms with Gasteiger partial charge in [-0.1, -0.05) is 46.8 Å². The summed E-state index contributed by atoms with van der Waals surface area (Å²) in [5.74, 6) is -2.36. The number of carboxylic acid groups (broad SMARTS) is 1. The van der Waals surface area contributed by atoms with E-state index in [1.54, 1.807) is 6.26 Å². The van der Waals surface area contributed by atoms with Crippen molar-refractivity contribution in [3.05, 3.63) is 52.3 Å². The van der Waals surface area contributed by atoms with Crippen LogP contribution in [0.25, 0.3) is 0 Å². The van der Waals surface area contributed by atoms with Crippen LogP contribution in [0, 0.1) is 0 Å².